The second-order valence-corrected chi connectivity index (χ2v) is 28.5. The maximum atomic E-state index is 6.76. The molecule has 0 unspecified atom stereocenters. The van der Waals surface area contributed by atoms with Crippen LogP contribution in [0, 0.1) is 6.92 Å². The molecule has 40 heavy (non-hydrogen) atoms. The van der Waals surface area contributed by atoms with E-state index in [0.29, 0.717) is 0 Å². The summed E-state index contributed by atoms with van der Waals surface area (Å²) >= 11 is 1.45. The number of fused-ring (bicyclic) bond motifs is 2. The molecular formula is C35H58O2S2Sn. The summed E-state index contributed by atoms with van der Waals surface area (Å²) in [6.07, 6.45) is 18.0. The third kappa shape index (κ3) is 9.02. The van der Waals surface area contributed by atoms with Crippen LogP contribution in [0.4, 0.5) is 0 Å². The molecule has 5 heteroatoms. The van der Waals surface area contributed by atoms with Crippen molar-refractivity contribution in [2.24, 2.45) is 0 Å². The molecular weight excluding hydrogens is 635 g/mol. The van der Waals surface area contributed by atoms with Crippen molar-refractivity contribution in [1.82, 2.24) is 0 Å². The van der Waals surface area contributed by atoms with E-state index >= 15 is 0 Å². The Kier molecular flexibility index (Phi) is 15.5. The first-order chi connectivity index (χ1) is 19.5. The molecule has 2 heterocycles. The van der Waals surface area contributed by atoms with Gasteiger partial charge in [0.05, 0.1) is 0 Å². The van der Waals surface area contributed by atoms with Crippen molar-refractivity contribution in [3.63, 3.8) is 0 Å². The van der Waals surface area contributed by atoms with Crippen molar-refractivity contribution in [2.75, 3.05) is 13.2 Å². The quantitative estimate of drug-likeness (QED) is 0.0770. The van der Waals surface area contributed by atoms with Gasteiger partial charge in [-0.25, -0.2) is 0 Å². The Bertz CT molecular complexity index is 1040. The average molecular weight is 694 g/mol. The maximum absolute atomic E-state index is 6.76. The Morgan fingerprint density at radius 3 is 1.48 bits per heavy atom. The summed E-state index contributed by atoms with van der Waals surface area (Å²) < 4.78 is 22.5. The summed E-state index contributed by atoms with van der Waals surface area (Å²) in [5.74, 6) is 2.31. The van der Waals surface area contributed by atoms with Crippen molar-refractivity contribution in [3.8, 4) is 11.5 Å². The Morgan fingerprint density at radius 1 is 0.550 bits per heavy atom. The molecule has 1 aromatic carbocycles. The van der Waals surface area contributed by atoms with Gasteiger partial charge in [-0.15, -0.1) is 0 Å². The van der Waals surface area contributed by atoms with Crippen LogP contribution < -0.4 is 12.4 Å². The number of thiophene rings is 2. The first kappa shape index (κ1) is 34.0. The van der Waals surface area contributed by atoms with Crippen molar-refractivity contribution >= 4 is 64.1 Å². The molecule has 0 spiro atoms. The van der Waals surface area contributed by atoms with E-state index in [4.69, 9.17) is 9.47 Å². The second-order valence-electron chi connectivity index (χ2n) is 12.0. The van der Waals surface area contributed by atoms with Crippen LogP contribution in [0.2, 0.25) is 13.3 Å². The molecule has 0 radical (unpaired) electrons. The molecule has 0 N–H and O–H groups in total. The summed E-state index contributed by atoms with van der Waals surface area (Å²) in [6.45, 7) is 15.6. The summed E-state index contributed by atoms with van der Waals surface area (Å²) in [6, 6.07) is 5.02. The number of benzene rings is 1. The Hall–Kier alpha value is -0.461. The molecule has 0 atom stereocenters. The first-order valence-corrected chi connectivity index (χ1v) is 25.9. The topological polar surface area (TPSA) is 18.5 Å². The monoisotopic (exact) mass is 694 g/mol. The van der Waals surface area contributed by atoms with Crippen molar-refractivity contribution in [3.05, 3.63) is 17.0 Å². The Balaban J connectivity index is 2.15. The normalized spacial score (nSPS) is 12.2. The summed E-state index contributed by atoms with van der Waals surface area (Å²) in [7, 11) is 0. The predicted molar refractivity (Wildman–Crippen MR) is 186 cm³/mol. The fourth-order valence-corrected chi connectivity index (χ4v) is 27.4. The molecule has 0 bridgehead atoms. The number of aryl methyl sites for hydroxylation is 1. The van der Waals surface area contributed by atoms with Gasteiger partial charge in [0.1, 0.15) is 0 Å². The second kappa shape index (κ2) is 18.3. The molecule has 0 amide bonds. The van der Waals surface area contributed by atoms with E-state index in [-0.39, 0.29) is 0 Å². The van der Waals surface area contributed by atoms with E-state index in [2.05, 4.69) is 65.0 Å². The summed E-state index contributed by atoms with van der Waals surface area (Å²) in [5.41, 5.74) is 0. The Labute approximate surface area is 258 Å². The van der Waals surface area contributed by atoms with E-state index in [9.17, 15) is 0 Å². The van der Waals surface area contributed by atoms with Gasteiger partial charge >= 0.3 is 260 Å². The van der Waals surface area contributed by atoms with Gasteiger partial charge in [0.25, 0.3) is 0 Å². The standard InChI is InChI=1S/C23H31O2S2.3C4H9.Sn/c1-4-6-8-10-13-24-20-18-12-15-26-22(18)21(25-14-11-9-7-5-2)19-16-17(3)27-23(19)20;3*1-3-4-2;/h12,16H,4-11,13-14H2,1-3H3;3*1,3-4H2,2H3;. The van der Waals surface area contributed by atoms with E-state index in [1.807, 2.05) is 11.3 Å². The van der Waals surface area contributed by atoms with Crippen molar-refractivity contribution < 1.29 is 9.47 Å². The van der Waals surface area contributed by atoms with E-state index in [1.165, 1.54) is 115 Å². The van der Waals surface area contributed by atoms with Crippen molar-refractivity contribution in [1.29, 1.82) is 0 Å². The van der Waals surface area contributed by atoms with Gasteiger partial charge in [0, 0.05) is 0 Å². The van der Waals surface area contributed by atoms with Crippen LogP contribution in [0.25, 0.3) is 20.2 Å². The zero-order chi connectivity index (χ0) is 28.8. The SMILES string of the molecule is CCCCCCOc1c2c[c]([Sn]([CH2]CCC)([CH2]CCC)[CH2]CCC)sc2c(OCCCCCC)c2cc(C)sc12. The third-order valence-electron chi connectivity index (χ3n) is 8.53. The molecule has 3 rings (SSSR count). The van der Waals surface area contributed by atoms with Gasteiger partial charge in [-0.1, -0.05) is 0 Å². The molecule has 226 valence electrons. The molecule has 0 fully saturated rings. The molecule has 3 aromatic rings. The fourth-order valence-electron chi connectivity index (χ4n) is 6.07. The van der Waals surface area contributed by atoms with Crippen LogP contribution in [0.5, 0.6) is 11.5 Å². The number of ether oxygens (including phenoxy) is 2. The fraction of sp³-hybridized carbons (Fsp3) is 0.714. The summed E-state index contributed by atoms with van der Waals surface area (Å²) in [4.78, 5) is 1.35. The van der Waals surface area contributed by atoms with Crippen molar-refractivity contribution in [2.45, 2.75) is 145 Å². The van der Waals surface area contributed by atoms with Crippen LogP contribution in [0.3, 0.4) is 0 Å². The predicted octanol–water partition coefficient (Wildman–Crippen LogP) is 12.4. The number of hydrogen-bond donors (Lipinski definition) is 0. The minimum absolute atomic E-state index is 0.819. The van der Waals surface area contributed by atoms with Gasteiger partial charge < -0.3 is 0 Å². The van der Waals surface area contributed by atoms with E-state index in [1.54, 1.807) is 2.89 Å². The molecule has 0 aliphatic rings. The molecule has 0 saturated carbocycles. The molecule has 0 saturated heterocycles. The molecule has 0 aliphatic carbocycles. The van der Waals surface area contributed by atoms with Crippen LogP contribution in [0.15, 0.2) is 12.1 Å². The first-order valence-electron chi connectivity index (χ1n) is 16.8. The van der Waals surface area contributed by atoms with Crippen LogP contribution in [-0.2, 0) is 0 Å². The molecule has 2 nitrogen and oxygen atoms in total. The zero-order valence-electron chi connectivity index (χ0n) is 26.7. The minimum atomic E-state index is -2.58. The van der Waals surface area contributed by atoms with E-state index < -0.39 is 18.4 Å². The van der Waals surface area contributed by atoms with Gasteiger partial charge in [0.15, 0.2) is 0 Å². The van der Waals surface area contributed by atoms with Gasteiger partial charge in [-0.05, 0) is 0 Å². The van der Waals surface area contributed by atoms with Gasteiger partial charge in [0.2, 0.25) is 0 Å². The van der Waals surface area contributed by atoms with Crippen LogP contribution in [-0.4, -0.2) is 31.6 Å². The average Bonchev–Trinajstić information content (AvgIpc) is 3.57. The van der Waals surface area contributed by atoms with Crippen LogP contribution in [0.1, 0.15) is 129 Å². The summed E-state index contributed by atoms with van der Waals surface area (Å²) in [5, 5.41) is 2.65. The van der Waals surface area contributed by atoms with Crippen LogP contribution >= 0.6 is 22.7 Å². The molecule has 2 aromatic heterocycles. The zero-order valence-corrected chi connectivity index (χ0v) is 31.2. The molecule has 0 aliphatic heterocycles. The van der Waals surface area contributed by atoms with Gasteiger partial charge in [-0.2, -0.15) is 0 Å². The van der Waals surface area contributed by atoms with E-state index in [0.717, 1.165) is 37.6 Å². The number of rotatable bonds is 22. The number of hydrogen-bond acceptors (Lipinski definition) is 4. The van der Waals surface area contributed by atoms with Gasteiger partial charge in [-0.3, -0.25) is 0 Å². The number of unbranched alkanes of at least 4 members (excludes halogenated alkanes) is 9. The Morgan fingerprint density at radius 2 is 1.00 bits per heavy atom. The third-order valence-corrected chi connectivity index (χ3v) is 28.9.